The average Bonchev–Trinajstić information content (AvgIpc) is 2.84. The summed E-state index contributed by atoms with van der Waals surface area (Å²) in [6.07, 6.45) is 1.45. The van der Waals surface area contributed by atoms with Crippen molar-refractivity contribution in [3.05, 3.63) is 0 Å². The van der Waals surface area contributed by atoms with Gasteiger partial charge in [0.25, 0.3) is 0 Å². The van der Waals surface area contributed by atoms with Gasteiger partial charge in [0.15, 0.2) is 11.9 Å². The molecule has 0 rings (SSSR count). The molecule has 5 unspecified atom stereocenters. The Kier molecular flexibility index (Phi) is 16.1. The molecule has 0 aromatic rings. The fourth-order valence-electron chi connectivity index (χ4n) is 3.32. The minimum Gasteiger partial charge on any atom is -0.480 e. The molecule has 14 N–H and O–H groups in total. The van der Waals surface area contributed by atoms with Crippen LogP contribution in [0.4, 0.5) is 0 Å². The lowest BCUT2D eigenvalue weighted by molar-refractivity contribution is -0.143. The lowest BCUT2D eigenvalue weighted by atomic mass is 9.96. The number of aliphatic imine (C=N–C) groups is 2. The highest BCUT2D eigenvalue weighted by Gasteiger charge is 2.32. The summed E-state index contributed by atoms with van der Waals surface area (Å²) in [7, 11) is 0. The maximum absolute atomic E-state index is 13.2. The number of carbonyl (C=O) groups excluding carboxylic acids is 3. The Balaban J connectivity index is 5.62. The first-order chi connectivity index (χ1) is 17.7. The summed E-state index contributed by atoms with van der Waals surface area (Å²) in [4.78, 5) is 58.3. The number of rotatable bonds is 18. The first kappa shape index (κ1) is 34.4. The van der Waals surface area contributed by atoms with Gasteiger partial charge in [0.05, 0.1) is 6.04 Å². The highest BCUT2D eigenvalue weighted by atomic mass is 16.4. The van der Waals surface area contributed by atoms with E-state index < -0.39 is 47.9 Å². The van der Waals surface area contributed by atoms with E-state index in [9.17, 15) is 24.3 Å². The fraction of sp³-hybridized carbons (Fsp3) is 0.739. The van der Waals surface area contributed by atoms with Gasteiger partial charge in [0.1, 0.15) is 18.1 Å². The molecular weight excluding hydrogens is 496 g/mol. The SMILES string of the molecule is CCC(C)C(NC(=O)C(CCCN=C(N)N)NC(=O)C(N)C(C)C)C(=O)NC(CCCN=C(N)N)C(=O)O. The van der Waals surface area contributed by atoms with Crippen molar-refractivity contribution in [2.45, 2.75) is 84.0 Å². The number of guanidine groups is 2. The quantitative estimate of drug-likeness (QED) is 0.0505. The second kappa shape index (κ2) is 17.8. The summed E-state index contributed by atoms with van der Waals surface area (Å²) in [6.45, 7) is 7.56. The summed E-state index contributed by atoms with van der Waals surface area (Å²) >= 11 is 0. The van der Waals surface area contributed by atoms with Crippen LogP contribution in [0.25, 0.3) is 0 Å². The van der Waals surface area contributed by atoms with E-state index in [4.69, 9.17) is 28.7 Å². The number of hydrogen-bond acceptors (Lipinski definition) is 7. The molecule has 38 heavy (non-hydrogen) atoms. The molecule has 218 valence electrons. The van der Waals surface area contributed by atoms with Gasteiger partial charge in [0.2, 0.25) is 17.7 Å². The predicted molar refractivity (Wildman–Crippen MR) is 146 cm³/mol. The smallest absolute Gasteiger partial charge is 0.326 e. The van der Waals surface area contributed by atoms with Crippen molar-refractivity contribution in [3.63, 3.8) is 0 Å². The number of nitrogens with two attached hydrogens (primary N) is 5. The van der Waals surface area contributed by atoms with E-state index in [0.717, 1.165) is 0 Å². The van der Waals surface area contributed by atoms with E-state index in [-0.39, 0.29) is 49.7 Å². The first-order valence-electron chi connectivity index (χ1n) is 12.7. The molecule has 5 atom stereocenters. The predicted octanol–water partition coefficient (Wildman–Crippen LogP) is -2.34. The van der Waals surface area contributed by atoms with Gasteiger partial charge in [-0.05, 0) is 37.5 Å². The van der Waals surface area contributed by atoms with Gasteiger partial charge in [-0.3, -0.25) is 24.4 Å². The zero-order valence-corrected chi connectivity index (χ0v) is 22.8. The van der Waals surface area contributed by atoms with E-state index in [0.29, 0.717) is 19.3 Å². The van der Waals surface area contributed by atoms with Gasteiger partial charge in [-0.25, -0.2) is 4.79 Å². The van der Waals surface area contributed by atoms with E-state index in [1.807, 2.05) is 6.92 Å². The van der Waals surface area contributed by atoms with Gasteiger partial charge < -0.3 is 49.7 Å². The van der Waals surface area contributed by atoms with Crippen molar-refractivity contribution in [3.8, 4) is 0 Å². The average molecular weight is 543 g/mol. The van der Waals surface area contributed by atoms with Crippen LogP contribution in [0.5, 0.6) is 0 Å². The van der Waals surface area contributed by atoms with Crippen LogP contribution in [-0.4, -0.2) is 78.0 Å². The molecule has 15 heteroatoms. The largest absolute Gasteiger partial charge is 0.480 e. The molecule has 0 fully saturated rings. The third-order valence-electron chi connectivity index (χ3n) is 5.95. The van der Waals surface area contributed by atoms with Gasteiger partial charge in [0, 0.05) is 13.1 Å². The monoisotopic (exact) mass is 542 g/mol. The Hall–Kier alpha value is -3.62. The van der Waals surface area contributed by atoms with E-state index in [1.165, 1.54) is 0 Å². The molecule has 0 bridgehead atoms. The Morgan fingerprint density at radius 1 is 0.763 bits per heavy atom. The Labute approximate surface area is 223 Å². The summed E-state index contributed by atoms with van der Waals surface area (Å²) in [5, 5.41) is 17.4. The third kappa shape index (κ3) is 13.6. The number of carboxylic acid groups (broad SMARTS) is 1. The van der Waals surface area contributed by atoms with Crippen molar-refractivity contribution in [2.75, 3.05) is 13.1 Å². The molecule has 0 aliphatic heterocycles. The highest BCUT2D eigenvalue weighted by Crippen LogP contribution is 2.11. The molecular formula is C23H46N10O5. The standard InChI is InChI=1S/C23H46N10O5/c1-5-13(4)17(20(36)32-15(21(37)38)9-7-11-30-23(27)28)33-18(34)14(8-6-10-29-22(25)26)31-19(35)16(24)12(2)3/h12-17H,5-11,24H2,1-4H3,(H,31,35)(H,32,36)(H,33,34)(H,37,38)(H4,25,26,29)(H4,27,28,30). The lowest BCUT2D eigenvalue weighted by Crippen LogP contribution is -2.59. The number of nitrogens with one attached hydrogen (secondary N) is 3. The van der Waals surface area contributed by atoms with E-state index >= 15 is 0 Å². The maximum atomic E-state index is 13.2. The van der Waals surface area contributed by atoms with Gasteiger partial charge in [-0.2, -0.15) is 0 Å². The second-order valence-corrected chi connectivity index (χ2v) is 9.50. The Morgan fingerprint density at radius 2 is 1.24 bits per heavy atom. The second-order valence-electron chi connectivity index (χ2n) is 9.50. The topological polar surface area (TPSA) is 279 Å². The number of amides is 3. The van der Waals surface area contributed by atoms with Gasteiger partial charge in [-0.1, -0.05) is 34.1 Å². The van der Waals surface area contributed by atoms with Crippen LogP contribution in [-0.2, 0) is 19.2 Å². The number of nitrogens with zero attached hydrogens (tertiary/aromatic N) is 2. The minimum absolute atomic E-state index is 0.0790. The molecule has 0 aliphatic carbocycles. The molecule has 0 heterocycles. The number of carbonyl (C=O) groups is 4. The zero-order chi connectivity index (χ0) is 29.4. The molecule has 0 aromatic carbocycles. The van der Waals surface area contributed by atoms with E-state index in [1.54, 1.807) is 20.8 Å². The molecule has 3 amide bonds. The lowest BCUT2D eigenvalue weighted by Gasteiger charge is -2.28. The molecule has 0 aliphatic rings. The molecule has 0 saturated heterocycles. The van der Waals surface area contributed by atoms with Gasteiger partial charge >= 0.3 is 5.97 Å². The normalized spacial score (nSPS) is 14.8. The van der Waals surface area contributed by atoms with Crippen molar-refractivity contribution < 1.29 is 24.3 Å². The van der Waals surface area contributed by atoms with Crippen LogP contribution >= 0.6 is 0 Å². The van der Waals surface area contributed by atoms with Crippen LogP contribution in [0.2, 0.25) is 0 Å². The minimum atomic E-state index is -1.23. The van der Waals surface area contributed by atoms with Crippen LogP contribution in [0.15, 0.2) is 9.98 Å². The summed E-state index contributed by atoms with van der Waals surface area (Å²) in [6, 6.07) is -4.12. The number of carboxylic acids is 1. The summed E-state index contributed by atoms with van der Waals surface area (Å²) in [5.41, 5.74) is 27.2. The van der Waals surface area contributed by atoms with Crippen molar-refractivity contribution >= 4 is 35.6 Å². The number of aliphatic carboxylic acids is 1. The van der Waals surface area contributed by atoms with Crippen LogP contribution in [0, 0.1) is 11.8 Å². The van der Waals surface area contributed by atoms with E-state index in [2.05, 4.69) is 25.9 Å². The summed E-state index contributed by atoms with van der Waals surface area (Å²) < 4.78 is 0. The fourth-order valence-corrected chi connectivity index (χ4v) is 3.32. The Morgan fingerprint density at radius 3 is 1.66 bits per heavy atom. The van der Waals surface area contributed by atoms with Crippen molar-refractivity contribution in [2.24, 2.45) is 50.5 Å². The van der Waals surface area contributed by atoms with Crippen molar-refractivity contribution in [1.82, 2.24) is 16.0 Å². The number of hydrogen-bond donors (Lipinski definition) is 9. The van der Waals surface area contributed by atoms with Gasteiger partial charge in [-0.15, -0.1) is 0 Å². The molecule has 15 nitrogen and oxygen atoms in total. The molecule has 0 saturated carbocycles. The van der Waals surface area contributed by atoms with Crippen molar-refractivity contribution in [1.29, 1.82) is 0 Å². The third-order valence-corrected chi connectivity index (χ3v) is 5.95. The zero-order valence-electron chi connectivity index (χ0n) is 22.8. The Bertz CT molecular complexity index is 840. The van der Waals surface area contributed by atoms with Crippen LogP contribution in [0.3, 0.4) is 0 Å². The van der Waals surface area contributed by atoms with Crippen LogP contribution < -0.4 is 44.6 Å². The summed E-state index contributed by atoms with van der Waals surface area (Å²) in [5.74, 6) is -3.75. The maximum Gasteiger partial charge on any atom is 0.326 e. The molecule has 0 radical (unpaired) electrons. The molecule has 0 aromatic heterocycles. The first-order valence-corrected chi connectivity index (χ1v) is 12.7. The molecule has 0 spiro atoms. The highest BCUT2D eigenvalue weighted by molar-refractivity contribution is 5.94. The van der Waals surface area contributed by atoms with Crippen LogP contribution in [0.1, 0.15) is 59.8 Å².